The molecule has 1 unspecified atom stereocenters. The molecule has 1 saturated heterocycles. The molecule has 2 aromatic carbocycles. The number of hydrogen-bond donors (Lipinski definition) is 1. The number of ketones is 1. The van der Waals surface area contributed by atoms with Gasteiger partial charge in [-0.25, -0.2) is 4.79 Å². The van der Waals surface area contributed by atoms with Crippen molar-refractivity contribution in [2.24, 2.45) is 0 Å². The van der Waals surface area contributed by atoms with Gasteiger partial charge in [-0.15, -0.1) is 0 Å². The number of aliphatic hydroxyl groups is 1. The van der Waals surface area contributed by atoms with E-state index in [0.29, 0.717) is 25.2 Å². The van der Waals surface area contributed by atoms with Gasteiger partial charge in [-0.05, 0) is 17.2 Å². The fourth-order valence-corrected chi connectivity index (χ4v) is 4.64. The van der Waals surface area contributed by atoms with Gasteiger partial charge in [-0.3, -0.25) is 14.5 Å². The molecule has 1 N–H and O–H groups in total. The van der Waals surface area contributed by atoms with E-state index in [1.165, 1.54) is 4.90 Å². The lowest BCUT2D eigenvalue weighted by atomic mass is 9.89. The zero-order valence-electron chi connectivity index (χ0n) is 16.5. The molecule has 1 aromatic heterocycles. The summed E-state index contributed by atoms with van der Waals surface area (Å²) in [6.45, 7) is 0.921. The van der Waals surface area contributed by atoms with Crippen molar-refractivity contribution in [1.29, 1.82) is 0 Å². The zero-order chi connectivity index (χ0) is 21.0. The number of aromatic nitrogens is 1. The predicted molar refractivity (Wildman–Crippen MR) is 110 cm³/mol. The molecule has 2 aliphatic rings. The summed E-state index contributed by atoms with van der Waals surface area (Å²) in [5.41, 5.74) is 4.49. The SMILES string of the molecule is CN1C(=O)C2CN(Cc3c2c2ccccc2n3Cc2ccc(C(=O)CO)cc2)C1=O. The van der Waals surface area contributed by atoms with Crippen molar-refractivity contribution >= 4 is 28.6 Å². The van der Waals surface area contributed by atoms with Crippen molar-refractivity contribution < 1.29 is 19.5 Å². The third-order valence-corrected chi connectivity index (χ3v) is 6.16. The van der Waals surface area contributed by atoms with Gasteiger partial charge < -0.3 is 14.6 Å². The van der Waals surface area contributed by atoms with E-state index in [1.807, 2.05) is 36.4 Å². The van der Waals surface area contributed by atoms with Gasteiger partial charge in [-0.2, -0.15) is 0 Å². The molecule has 3 heterocycles. The first-order valence-electron chi connectivity index (χ1n) is 9.89. The minimum atomic E-state index is -0.511. The van der Waals surface area contributed by atoms with Crippen LogP contribution in [0.4, 0.5) is 4.79 Å². The maximum Gasteiger partial charge on any atom is 0.326 e. The van der Waals surface area contributed by atoms with Crippen LogP contribution in [-0.4, -0.2) is 57.4 Å². The zero-order valence-corrected chi connectivity index (χ0v) is 16.5. The number of carbonyl (C=O) groups excluding carboxylic acids is 3. The lowest BCUT2D eigenvalue weighted by Gasteiger charge is -2.41. The molecular weight excluding hydrogens is 382 g/mol. The summed E-state index contributed by atoms with van der Waals surface area (Å²) >= 11 is 0. The van der Waals surface area contributed by atoms with Gasteiger partial charge >= 0.3 is 6.03 Å². The summed E-state index contributed by atoms with van der Waals surface area (Å²) in [6, 6.07) is 14.9. The number of likely N-dealkylation sites (N-methyl/N-ethyl adjacent to an activating group) is 1. The first-order valence-corrected chi connectivity index (χ1v) is 9.89. The summed E-state index contributed by atoms with van der Waals surface area (Å²) in [7, 11) is 1.54. The molecule has 0 saturated carbocycles. The van der Waals surface area contributed by atoms with E-state index in [4.69, 9.17) is 5.11 Å². The van der Waals surface area contributed by atoms with E-state index < -0.39 is 6.61 Å². The van der Waals surface area contributed by atoms with E-state index in [1.54, 1.807) is 24.1 Å². The van der Waals surface area contributed by atoms with Crippen molar-refractivity contribution in [3.05, 3.63) is 70.9 Å². The fourth-order valence-electron chi connectivity index (χ4n) is 4.64. The number of amides is 3. The van der Waals surface area contributed by atoms with Crippen molar-refractivity contribution in [3.8, 4) is 0 Å². The highest BCUT2D eigenvalue weighted by atomic mass is 16.3. The van der Waals surface area contributed by atoms with Gasteiger partial charge in [0.1, 0.15) is 6.61 Å². The lowest BCUT2D eigenvalue weighted by Crippen LogP contribution is -2.56. The van der Waals surface area contributed by atoms with Gasteiger partial charge in [0, 0.05) is 42.3 Å². The molecule has 5 rings (SSSR count). The molecule has 0 radical (unpaired) electrons. The molecule has 3 amide bonds. The summed E-state index contributed by atoms with van der Waals surface area (Å²) < 4.78 is 2.17. The summed E-state index contributed by atoms with van der Waals surface area (Å²) in [5, 5.41) is 10.1. The van der Waals surface area contributed by atoms with E-state index in [2.05, 4.69) is 4.57 Å². The Morgan fingerprint density at radius 2 is 1.83 bits per heavy atom. The molecular formula is C23H21N3O4. The molecule has 2 bridgehead atoms. The number of Topliss-reactive ketones (excluding diaryl/α,β-unsaturated/α-hetero) is 1. The molecule has 0 aliphatic carbocycles. The van der Waals surface area contributed by atoms with Gasteiger partial charge in [-0.1, -0.05) is 42.5 Å². The van der Waals surface area contributed by atoms with E-state index in [-0.39, 0.29) is 23.6 Å². The maximum atomic E-state index is 12.9. The molecule has 7 nitrogen and oxygen atoms in total. The number of fused-ring (bicyclic) bond motifs is 6. The Hall–Kier alpha value is -3.45. The highest BCUT2D eigenvalue weighted by molar-refractivity contribution is 6.04. The topological polar surface area (TPSA) is 82.8 Å². The van der Waals surface area contributed by atoms with Gasteiger partial charge in [0.15, 0.2) is 5.78 Å². The second-order valence-electron chi connectivity index (χ2n) is 7.85. The predicted octanol–water partition coefficient (Wildman–Crippen LogP) is 2.36. The molecule has 2 aliphatic heterocycles. The van der Waals surface area contributed by atoms with Crippen molar-refractivity contribution in [2.45, 2.75) is 19.0 Å². The van der Waals surface area contributed by atoms with Crippen molar-refractivity contribution in [3.63, 3.8) is 0 Å². The molecule has 0 spiro atoms. The summed E-state index contributed by atoms with van der Waals surface area (Å²) in [6.07, 6.45) is 0. The number of nitrogens with zero attached hydrogens (tertiary/aromatic N) is 3. The molecule has 1 fully saturated rings. The Labute approximate surface area is 173 Å². The smallest absolute Gasteiger partial charge is 0.326 e. The number of urea groups is 1. The van der Waals surface area contributed by atoms with Crippen molar-refractivity contribution in [2.75, 3.05) is 20.2 Å². The summed E-state index contributed by atoms with van der Waals surface area (Å²) in [5.74, 6) is -0.828. The van der Waals surface area contributed by atoms with Crippen LogP contribution in [0, 0.1) is 0 Å². The largest absolute Gasteiger partial charge is 0.388 e. The maximum absolute atomic E-state index is 12.9. The van der Waals surface area contributed by atoms with E-state index in [9.17, 15) is 14.4 Å². The molecule has 3 aromatic rings. The van der Waals surface area contributed by atoms with Gasteiger partial charge in [0.05, 0.1) is 12.5 Å². The molecule has 7 heteroatoms. The Bertz CT molecular complexity index is 1200. The highest BCUT2D eigenvalue weighted by Crippen LogP contribution is 2.40. The third kappa shape index (κ3) is 2.66. The van der Waals surface area contributed by atoms with Crippen molar-refractivity contribution in [1.82, 2.24) is 14.4 Å². The van der Waals surface area contributed by atoms with E-state index >= 15 is 0 Å². The summed E-state index contributed by atoms with van der Waals surface area (Å²) in [4.78, 5) is 40.0. The normalized spacial score (nSPS) is 18.1. The van der Waals surface area contributed by atoms with Crippen LogP contribution in [-0.2, 0) is 17.9 Å². The molecule has 1 atom stereocenters. The van der Waals surface area contributed by atoms with Crippen LogP contribution in [0.5, 0.6) is 0 Å². The second kappa shape index (κ2) is 6.81. The minimum absolute atomic E-state index is 0.160. The van der Waals surface area contributed by atoms with Crippen LogP contribution in [0.15, 0.2) is 48.5 Å². The van der Waals surface area contributed by atoms with Crippen LogP contribution >= 0.6 is 0 Å². The lowest BCUT2D eigenvalue weighted by molar-refractivity contribution is -0.132. The Morgan fingerprint density at radius 3 is 2.57 bits per heavy atom. The Balaban J connectivity index is 1.62. The fraction of sp³-hybridized carbons (Fsp3) is 0.261. The number of benzene rings is 2. The molecule has 30 heavy (non-hydrogen) atoms. The van der Waals surface area contributed by atoms with E-state index in [0.717, 1.165) is 27.7 Å². The first-order chi connectivity index (χ1) is 14.5. The van der Waals surface area contributed by atoms with Crippen LogP contribution in [0.2, 0.25) is 0 Å². The van der Waals surface area contributed by atoms with Crippen LogP contribution in [0.25, 0.3) is 10.9 Å². The second-order valence-corrected chi connectivity index (χ2v) is 7.85. The van der Waals surface area contributed by atoms with Crippen LogP contribution in [0.1, 0.15) is 33.1 Å². The standard InChI is InChI=1S/C23H21N3O4/c1-24-22(29)17-11-25(23(24)30)12-19-21(17)16-4-2-3-5-18(16)26(19)10-14-6-8-15(9-7-14)20(28)13-27/h2-9,17,27H,10-13H2,1H3. The van der Waals surface area contributed by atoms with Crippen LogP contribution < -0.4 is 0 Å². The minimum Gasteiger partial charge on any atom is -0.388 e. The number of para-hydroxylation sites is 1. The molecule has 152 valence electrons. The average molecular weight is 403 g/mol. The Kier molecular flexibility index (Phi) is 4.22. The number of carbonyl (C=O) groups is 3. The first kappa shape index (κ1) is 18.6. The van der Waals surface area contributed by atoms with Gasteiger partial charge in [0.25, 0.3) is 0 Å². The number of hydrogen-bond acceptors (Lipinski definition) is 4. The average Bonchev–Trinajstić information content (AvgIpc) is 3.09. The third-order valence-electron chi connectivity index (χ3n) is 6.16. The highest BCUT2D eigenvalue weighted by Gasteiger charge is 2.44. The number of imide groups is 1. The van der Waals surface area contributed by atoms with Gasteiger partial charge in [0.2, 0.25) is 5.91 Å². The quantitative estimate of drug-likeness (QED) is 0.678. The number of aliphatic hydroxyl groups excluding tert-OH is 1. The van der Waals surface area contributed by atoms with Crippen LogP contribution in [0.3, 0.4) is 0 Å². The Morgan fingerprint density at radius 1 is 1.10 bits per heavy atom. The number of rotatable bonds is 4. The monoisotopic (exact) mass is 403 g/mol.